The fourth-order valence-electron chi connectivity index (χ4n) is 1.87. The molecule has 0 saturated heterocycles. The highest BCUT2D eigenvalue weighted by Gasteiger charge is 2.07. The van der Waals surface area contributed by atoms with Crippen LogP contribution in [0.5, 0.6) is 0 Å². The molecule has 1 aromatic heterocycles. The average molecular weight is 260 g/mol. The summed E-state index contributed by atoms with van der Waals surface area (Å²) in [7, 11) is 4.07. The van der Waals surface area contributed by atoms with Gasteiger partial charge < -0.3 is 15.3 Å². The molecule has 5 heteroatoms. The zero-order valence-electron chi connectivity index (χ0n) is 11.4. The molecule has 5 nitrogen and oxygen atoms in total. The van der Waals surface area contributed by atoms with Gasteiger partial charge in [-0.3, -0.25) is 0 Å². The largest absolute Gasteiger partial charge is 0.395 e. The first-order valence-corrected chi connectivity index (χ1v) is 6.46. The predicted molar refractivity (Wildman–Crippen MR) is 77.4 cm³/mol. The number of aromatic nitrogens is 2. The second kappa shape index (κ2) is 6.45. The second-order valence-corrected chi connectivity index (χ2v) is 4.71. The molecule has 0 amide bonds. The summed E-state index contributed by atoms with van der Waals surface area (Å²) in [6.45, 7) is 1.50. The molecular weight excluding hydrogens is 240 g/mol. The summed E-state index contributed by atoms with van der Waals surface area (Å²) in [5.74, 6) is 1.63. The molecule has 0 atom stereocenters. The lowest BCUT2D eigenvalue weighted by molar-refractivity contribution is 0.311. The third kappa shape index (κ3) is 3.62. The van der Waals surface area contributed by atoms with E-state index in [1.165, 1.54) is 0 Å². The SMILES string of the molecule is CN(C)CCc1nc(NCCO)c2ccccc2n1. The summed E-state index contributed by atoms with van der Waals surface area (Å²) >= 11 is 0. The molecule has 0 saturated carbocycles. The van der Waals surface area contributed by atoms with Gasteiger partial charge in [0.1, 0.15) is 11.6 Å². The van der Waals surface area contributed by atoms with Crippen molar-refractivity contribution >= 4 is 16.7 Å². The van der Waals surface area contributed by atoms with Gasteiger partial charge in [0.15, 0.2) is 0 Å². The Morgan fingerprint density at radius 1 is 1.21 bits per heavy atom. The molecule has 0 unspecified atom stereocenters. The maximum Gasteiger partial charge on any atom is 0.137 e. The van der Waals surface area contributed by atoms with Crippen molar-refractivity contribution in [1.82, 2.24) is 14.9 Å². The van der Waals surface area contributed by atoms with Crippen molar-refractivity contribution in [3.05, 3.63) is 30.1 Å². The highest BCUT2D eigenvalue weighted by Crippen LogP contribution is 2.19. The number of anilines is 1. The number of nitrogens with zero attached hydrogens (tertiary/aromatic N) is 3. The summed E-state index contributed by atoms with van der Waals surface area (Å²) in [4.78, 5) is 11.2. The first-order valence-electron chi connectivity index (χ1n) is 6.46. The second-order valence-electron chi connectivity index (χ2n) is 4.71. The van der Waals surface area contributed by atoms with Crippen LogP contribution >= 0.6 is 0 Å². The van der Waals surface area contributed by atoms with Gasteiger partial charge in [0.05, 0.1) is 12.1 Å². The zero-order chi connectivity index (χ0) is 13.7. The molecule has 0 spiro atoms. The Morgan fingerprint density at radius 2 is 2.00 bits per heavy atom. The van der Waals surface area contributed by atoms with E-state index in [1.54, 1.807) is 0 Å². The molecule has 0 aliphatic carbocycles. The number of aliphatic hydroxyl groups excluding tert-OH is 1. The Bertz CT molecular complexity index is 542. The smallest absolute Gasteiger partial charge is 0.137 e. The van der Waals surface area contributed by atoms with E-state index in [0.717, 1.165) is 35.5 Å². The molecule has 19 heavy (non-hydrogen) atoms. The number of benzene rings is 1. The van der Waals surface area contributed by atoms with Gasteiger partial charge >= 0.3 is 0 Å². The van der Waals surface area contributed by atoms with Crippen LogP contribution in [-0.2, 0) is 6.42 Å². The van der Waals surface area contributed by atoms with Crippen molar-refractivity contribution in [3.8, 4) is 0 Å². The lowest BCUT2D eigenvalue weighted by Gasteiger charge is -2.12. The van der Waals surface area contributed by atoms with Gasteiger partial charge in [-0.1, -0.05) is 12.1 Å². The van der Waals surface area contributed by atoms with Gasteiger partial charge in [-0.05, 0) is 26.2 Å². The van der Waals surface area contributed by atoms with E-state index < -0.39 is 0 Å². The maximum atomic E-state index is 8.93. The number of para-hydroxylation sites is 1. The number of nitrogens with one attached hydrogen (secondary N) is 1. The van der Waals surface area contributed by atoms with E-state index in [1.807, 2.05) is 38.4 Å². The Balaban J connectivity index is 2.32. The van der Waals surface area contributed by atoms with Crippen molar-refractivity contribution in [3.63, 3.8) is 0 Å². The zero-order valence-corrected chi connectivity index (χ0v) is 11.4. The third-order valence-corrected chi connectivity index (χ3v) is 2.84. The van der Waals surface area contributed by atoms with Gasteiger partial charge in [0, 0.05) is 24.9 Å². The lowest BCUT2D eigenvalue weighted by atomic mass is 10.2. The number of fused-ring (bicyclic) bond motifs is 1. The summed E-state index contributed by atoms with van der Waals surface area (Å²) < 4.78 is 0. The van der Waals surface area contributed by atoms with E-state index in [2.05, 4.69) is 20.2 Å². The van der Waals surface area contributed by atoms with Crippen molar-refractivity contribution in [2.75, 3.05) is 39.1 Å². The van der Waals surface area contributed by atoms with Crippen molar-refractivity contribution in [2.45, 2.75) is 6.42 Å². The predicted octanol–water partition coefficient (Wildman–Crippen LogP) is 1.14. The summed E-state index contributed by atoms with van der Waals surface area (Å²) in [5, 5.41) is 13.1. The van der Waals surface area contributed by atoms with E-state index in [-0.39, 0.29) is 6.61 Å². The first-order chi connectivity index (χ1) is 9.20. The van der Waals surface area contributed by atoms with Crippen LogP contribution in [0.1, 0.15) is 5.82 Å². The standard InChI is InChI=1S/C14H20N4O/c1-18(2)9-7-13-16-12-6-4-3-5-11(12)14(17-13)15-8-10-19/h3-6,19H,7-10H2,1-2H3,(H,15,16,17). The molecule has 0 aliphatic rings. The molecule has 2 aromatic rings. The van der Waals surface area contributed by atoms with Gasteiger partial charge in [-0.25, -0.2) is 9.97 Å². The molecule has 2 rings (SSSR count). The first kappa shape index (κ1) is 13.7. The van der Waals surface area contributed by atoms with Crippen molar-refractivity contribution in [2.24, 2.45) is 0 Å². The highest BCUT2D eigenvalue weighted by atomic mass is 16.3. The number of hydrogen-bond acceptors (Lipinski definition) is 5. The van der Waals surface area contributed by atoms with Crippen LogP contribution in [0.2, 0.25) is 0 Å². The average Bonchev–Trinajstić information content (AvgIpc) is 2.42. The normalized spacial score (nSPS) is 11.2. The number of hydrogen-bond donors (Lipinski definition) is 2. The minimum atomic E-state index is 0.0887. The minimum Gasteiger partial charge on any atom is -0.395 e. The lowest BCUT2D eigenvalue weighted by Crippen LogP contribution is -2.17. The van der Waals surface area contributed by atoms with Crippen LogP contribution in [0.25, 0.3) is 10.9 Å². The summed E-state index contributed by atoms with van der Waals surface area (Å²) in [5.41, 5.74) is 0.937. The Hall–Kier alpha value is -1.72. The number of likely N-dealkylation sites (N-methyl/N-ethyl adjacent to an activating group) is 1. The fourth-order valence-corrected chi connectivity index (χ4v) is 1.87. The molecule has 102 valence electrons. The Labute approximate surface area is 113 Å². The van der Waals surface area contributed by atoms with Gasteiger partial charge in [-0.2, -0.15) is 0 Å². The van der Waals surface area contributed by atoms with Crippen LogP contribution < -0.4 is 5.32 Å². The van der Waals surface area contributed by atoms with Gasteiger partial charge in [-0.15, -0.1) is 0 Å². The van der Waals surface area contributed by atoms with Crippen LogP contribution in [-0.4, -0.2) is 53.8 Å². The molecular formula is C14H20N4O. The molecule has 0 radical (unpaired) electrons. The molecule has 0 aliphatic heterocycles. The molecule has 1 aromatic carbocycles. The molecule has 1 heterocycles. The topological polar surface area (TPSA) is 61.3 Å². The molecule has 0 fully saturated rings. The quantitative estimate of drug-likeness (QED) is 0.815. The third-order valence-electron chi connectivity index (χ3n) is 2.84. The molecule has 2 N–H and O–H groups in total. The van der Waals surface area contributed by atoms with Crippen LogP contribution in [0.3, 0.4) is 0 Å². The van der Waals surface area contributed by atoms with E-state index in [0.29, 0.717) is 6.54 Å². The maximum absolute atomic E-state index is 8.93. The van der Waals surface area contributed by atoms with Crippen LogP contribution in [0.4, 0.5) is 5.82 Å². The van der Waals surface area contributed by atoms with Gasteiger partial charge in [0.25, 0.3) is 0 Å². The fraction of sp³-hybridized carbons (Fsp3) is 0.429. The van der Waals surface area contributed by atoms with Crippen LogP contribution in [0, 0.1) is 0 Å². The van der Waals surface area contributed by atoms with Crippen LogP contribution in [0.15, 0.2) is 24.3 Å². The molecule has 0 bridgehead atoms. The van der Waals surface area contributed by atoms with Gasteiger partial charge in [0.2, 0.25) is 0 Å². The number of aliphatic hydroxyl groups is 1. The van der Waals surface area contributed by atoms with E-state index >= 15 is 0 Å². The Kier molecular flexibility index (Phi) is 4.65. The monoisotopic (exact) mass is 260 g/mol. The van der Waals surface area contributed by atoms with Crippen molar-refractivity contribution < 1.29 is 5.11 Å². The number of rotatable bonds is 6. The van der Waals surface area contributed by atoms with E-state index in [4.69, 9.17) is 5.11 Å². The highest BCUT2D eigenvalue weighted by molar-refractivity contribution is 5.88. The minimum absolute atomic E-state index is 0.0887. The van der Waals surface area contributed by atoms with E-state index in [9.17, 15) is 0 Å². The van der Waals surface area contributed by atoms with Crippen molar-refractivity contribution in [1.29, 1.82) is 0 Å². The summed E-state index contributed by atoms with van der Waals surface area (Å²) in [6, 6.07) is 7.92. The Morgan fingerprint density at radius 3 is 2.74 bits per heavy atom. The summed E-state index contributed by atoms with van der Waals surface area (Å²) in [6.07, 6.45) is 0.811.